The SMILES string of the molecule is COC1CN(S(=O)(=O)C[C@H]2C[C@@H](N(C)c3ncnc4[nH]ccc34)C2)C1. The summed E-state index contributed by atoms with van der Waals surface area (Å²) in [6.45, 7) is 0.975. The van der Waals surface area contributed by atoms with Gasteiger partial charge in [-0.3, -0.25) is 0 Å². The number of nitrogens with one attached hydrogen (secondary N) is 1. The lowest BCUT2D eigenvalue weighted by atomic mass is 9.81. The maximum Gasteiger partial charge on any atom is 0.214 e. The molecule has 0 unspecified atom stereocenters. The van der Waals surface area contributed by atoms with Crippen molar-refractivity contribution < 1.29 is 13.2 Å². The molecule has 2 aliphatic rings. The minimum atomic E-state index is -3.16. The van der Waals surface area contributed by atoms with E-state index in [1.165, 1.54) is 4.31 Å². The van der Waals surface area contributed by atoms with E-state index in [1.54, 1.807) is 13.4 Å². The van der Waals surface area contributed by atoms with E-state index in [2.05, 4.69) is 19.9 Å². The topological polar surface area (TPSA) is 91.4 Å². The molecule has 4 rings (SSSR count). The molecule has 1 aliphatic carbocycles. The second kappa shape index (κ2) is 6.22. The maximum absolute atomic E-state index is 12.4. The largest absolute Gasteiger partial charge is 0.379 e. The first kappa shape index (κ1) is 16.7. The molecule has 9 heteroatoms. The molecule has 0 aromatic carbocycles. The highest BCUT2D eigenvalue weighted by molar-refractivity contribution is 7.89. The molecule has 0 spiro atoms. The number of sulfonamides is 1. The van der Waals surface area contributed by atoms with E-state index in [9.17, 15) is 8.42 Å². The molecule has 1 N–H and O–H groups in total. The first-order valence-electron chi connectivity index (χ1n) is 8.49. The number of hydrogen-bond acceptors (Lipinski definition) is 6. The van der Waals surface area contributed by atoms with Gasteiger partial charge in [0.15, 0.2) is 0 Å². The molecule has 0 radical (unpaired) electrons. The van der Waals surface area contributed by atoms with Gasteiger partial charge in [-0.05, 0) is 24.8 Å². The van der Waals surface area contributed by atoms with E-state index in [-0.39, 0.29) is 17.8 Å². The molecule has 1 saturated carbocycles. The first-order valence-corrected chi connectivity index (χ1v) is 10.1. The zero-order chi connectivity index (χ0) is 17.6. The van der Waals surface area contributed by atoms with Crippen LogP contribution in [-0.4, -0.2) is 72.8 Å². The van der Waals surface area contributed by atoms with E-state index in [4.69, 9.17) is 4.74 Å². The van der Waals surface area contributed by atoms with Crippen LogP contribution >= 0.6 is 0 Å². The molecular weight excluding hydrogens is 342 g/mol. The van der Waals surface area contributed by atoms with E-state index in [0.29, 0.717) is 19.1 Å². The predicted molar refractivity (Wildman–Crippen MR) is 95.0 cm³/mol. The van der Waals surface area contributed by atoms with Gasteiger partial charge in [0.2, 0.25) is 10.0 Å². The lowest BCUT2D eigenvalue weighted by molar-refractivity contribution is 0.0121. The van der Waals surface area contributed by atoms with Crippen molar-refractivity contribution in [1.82, 2.24) is 19.3 Å². The van der Waals surface area contributed by atoms with Gasteiger partial charge in [-0.1, -0.05) is 0 Å². The Labute approximate surface area is 147 Å². The number of aromatic amines is 1. The third-order valence-electron chi connectivity index (χ3n) is 5.41. The van der Waals surface area contributed by atoms with Crippen LogP contribution in [0.1, 0.15) is 12.8 Å². The quantitative estimate of drug-likeness (QED) is 0.815. The third kappa shape index (κ3) is 3.00. The first-order chi connectivity index (χ1) is 12.0. The minimum Gasteiger partial charge on any atom is -0.379 e. The van der Waals surface area contributed by atoms with Gasteiger partial charge in [-0.15, -0.1) is 0 Å². The summed E-state index contributed by atoms with van der Waals surface area (Å²) >= 11 is 0. The van der Waals surface area contributed by atoms with Crippen LogP contribution in [0, 0.1) is 5.92 Å². The highest BCUT2D eigenvalue weighted by Gasteiger charge is 2.41. The lowest BCUT2D eigenvalue weighted by Crippen LogP contribution is -2.56. The third-order valence-corrected chi connectivity index (χ3v) is 7.39. The number of rotatable bonds is 6. The zero-order valence-electron chi connectivity index (χ0n) is 14.4. The summed E-state index contributed by atoms with van der Waals surface area (Å²) in [7, 11) is 0.475. The number of methoxy groups -OCH3 is 1. The lowest BCUT2D eigenvalue weighted by Gasteiger charge is -2.43. The molecule has 1 saturated heterocycles. The Balaban J connectivity index is 1.35. The molecular formula is C16H23N5O3S. The van der Waals surface area contributed by atoms with Gasteiger partial charge in [-0.2, -0.15) is 4.31 Å². The van der Waals surface area contributed by atoms with Gasteiger partial charge in [0.05, 0.1) is 17.2 Å². The Morgan fingerprint density at radius 3 is 2.84 bits per heavy atom. The van der Waals surface area contributed by atoms with Crippen LogP contribution in [0.15, 0.2) is 18.6 Å². The number of anilines is 1. The van der Waals surface area contributed by atoms with Gasteiger partial charge in [0.1, 0.15) is 17.8 Å². The van der Waals surface area contributed by atoms with Crippen molar-refractivity contribution in [3.05, 3.63) is 18.6 Å². The molecule has 2 fully saturated rings. The molecule has 0 amide bonds. The molecule has 3 heterocycles. The Morgan fingerprint density at radius 1 is 1.36 bits per heavy atom. The summed E-state index contributed by atoms with van der Waals surface area (Å²) in [5.74, 6) is 1.34. The summed E-state index contributed by atoms with van der Waals surface area (Å²) in [5.41, 5.74) is 0.820. The Bertz CT molecular complexity index is 856. The number of fused-ring (bicyclic) bond motifs is 1. The standard InChI is InChI=1S/C16H23N5O3S/c1-20(16-14-3-4-17-15(14)18-10-19-16)12-5-11(6-12)9-25(22,23)21-7-13(8-21)24-2/h3-4,10-13H,5-9H2,1-2H3,(H,17,18,19)/t11-,12+. The maximum atomic E-state index is 12.4. The fourth-order valence-corrected chi connectivity index (χ4v) is 5.51. The number of H-pyrrole nitrogens is 1. The Kier molecular flexibility index (Phi) is 4.17. The number of nitrogens with zero attached hydrogens (tertiary/aromatic N) is 4. The normalized spacial score (nSPS) is 24.9. The van der Waals surface area contributed by atoms with Gasteiger partial charge < -0.3 is 14.6 Å². The van der Waals surface area contributed by atoms with Crippen molar-refractivity contribution in [1.29, 1.82) is 0 Å². The van der Waals surface area contributed by atoms with E-state index in [1.807, 2.05) is 19.3 Å². The summed E-state index contributed by atoms with van der Waals surface area (Å²) in [6.07, 6.45) is 5.20. The molecule has 25 heavy (non-hydrogen) atoms. The van der Waals surface area contributed by atoms with Crippen LogP contribution in [0.2, 0.25) is 0 Å². The fourth-order valence-electron chi connectivity index (χ4n) is 3.65. The monoisotopic (exact) mass is 365 g/mol. The summed E-state index contributed by atoms with van der Waals surface area (Å²) in [6, 6.07) is 2.29. The summed E-state index contributed by atoms with van der Waals surface area (Å²) < 4.78 is 31.5. The summed E-state index contributed by atoms with van der Waals surface area (Å²) in [5, 5.41) is 0.993. The van der Waals surface area contributed by atoms with E-state index in [0.717, 1.165) is 29.7 Å². The van der Waals surface area contributed by atoms with E-state index < -0.39 is 10.0 Å². The fraction of sp³-hybridized carbons (Fsp3) is 0.625. The molecule has 0 atom stereocenters. The Morgan fingerprint density at radius 2 is 2.12 bits per heavy atom. The minimum absolute atomic E-state index is 0.0524. The number of hydrogen-bond donors (Lipinski definition) is 1. The van der Waals surface area contributed by atoms with Crippen LogP contribution in [-0.2, 0) is 14.8 Å². The van der Waals surface area contributed by atoms with E-state index >= 15 is 0 Å². The average Bonchev–Trinajstić information content (AvgIpc) is 2.97. The van der Waals surface area contributed by atoms with Crippen LogP contribution in [0.25, 0.3) is 11.0 Å². The second-order valence-electron chi connectivity index (χ2n) is 6.99. The average molecular weight is 365 g/mol. The number of aromatic nitrogens is 3. The van der Waals surface area contributed by atoms with Gasteiger partial charge in [0.25, 0.3) is 0 Å². The van der Waals surface area contributed by atoms with Crippen LogP contribution in [0.4, 0.5) is 5.82 Å². The van der Waals surface area contributed by atoms with Crippen molar-refractivity contribution in [2.75, 3.05) is 37.9 Å². The van der Waals surface area contributed by atoms with Gasteiger partial charge in [-0.25, -0.2) is 18.4 Å². The number of ether oxygens (including phenoxy) is 1. The van der Waals surface area contributed by atoms with Crippen molar-refractivity contribution >= 4 is 26.9 Å². The van der Waals surface area contributed by atoms with Crippen molar-refractivity contribution in [2.45, 2.75) is 25.0 Å². The van der Waals surface area contributed by atoms with Crippen LogP contribution in [0.3, 0.4) is 0 Å². The Hall–Kier alpha value is -1.71. The van der Waals surface area contributed by atoms with Crippen molar-refractivity contribution in [2.24, 2.45) is 5.92 Å². The molecule has 136 valence electrons. The van der Waals surface area contributed by atoms with Crippen LogP contribution in [0.5, 0.6) is 0 Å². The zero-order valence-corrected chi connectivity index (χ0v) is 15.2. The van der Waals surface area contributed by atoms with Crippen molar-refractivity contribution in [3.63, 3.8) is 0 Å². The molecule has 0 bridgehead atoms. The van der Waals surface area contributed by atoms with Gasteiger partial charge >= 0.3 is 0 Å². The molecule has 1 aliphatic heterocycles. The van der Waals surface area contributed by atoms with Crippen LogP contribution < -0.4 is 4.90 Å². The van der Waals surface area contributed by atoms with Gasteiger partial charge in [0, 0.05) is 39.5 Å². The molecule has 2 aromatic rings. The van der Waals surface area contributed by atoms with Crippen molar-refractivity contribution in [3.8, 4) is 0 Å². The molecule has 8 nitrogen and oxygen atoms in total. The highest BCUT2D eigenvalue weighted by Crippen LogP contribution is 2.36. The smallest absolute Gasteiger partial charge is 0.214 e. The predicted octanol–water partition coefficient (Wildman–Crippen LogP) is 0.833. The highest BCUT2D eigenvalue weighted by atomic mass is 32.2. The summed E-state index contributed by atoms with van der Waals surface area (Å²) in [4.78, 5) is 13.9. The molecule has 2 aromatic heterocycles. The second-order valence-corrected chi connectivity index (χ2v) is 9.01.